The summed E-state index contributed by atoms with van der Waals surface area (Å²) in [6.45, 7) is 4.42. The van der Waals surface area contributed by atoms with E-state index >= 15 is 0 Å². The molecular formula is C26H25N3O3. The minimum atomic E-state index is -0.218. The van der Waals surface area contributed by atoms with E-state index in [0.717, 1.165) is 16.7 Å². The molecule has 0 spiro atoms. The van der Waals surface area contributed by atoms with Gasteiger partial charge in [-0.1, -0.05) is 60.2 Å². The number of aromatic amines is 1. The van der Waals surface area contributed by atoms with E-state index in [9.17, 15) is 9.59 Å². The van der Waals surface area contributed by atoms with Crippen molar-refractivity contribution in [1.82, 2.24) is 14.9 Å². The van der Waals surface area contributed by atoms with Crippen LogP contribution in [-0.4, -0.2) is 27.4 Å². The molecule has 4 aromatic rings. The fourth-order valence-corrected chi connectivity index (χ4v) is 3.62. The van der Waals surface area contributed by atoms with Gasteiger partial charge >= 0.3 is 0 Å². The van der Waals surface area contributed by atoms with Crippen molar-refractivity contribution in [2.75, 3.05) is 6.61 Å². The summed E-state index contributed by atoms with van der Waals surface area (Å²) >= 11 is 0. The van der Waals surface area contributed by atoms with Crippen molar-refractivity contribution in [3.8, 4) is 5.75 Å². The highest BCUT2D eigenvalue weighted by Gasteiger charge is 2.18. The Morgan fingerprint density at radius 2 is 1.72 bits per heavy atom. The van der Waals surface area contributed by atoms with E-state index in [1.807, 2.05) is 68.4 Å². The molecule has 0 atom stereocenters. The summed E-state index contributed by atoms with van der Waals surface area (Å²) in [5.41, 5.74) is 3.48. The van der Waals surface area contributed by atoms with Crippen LogP contribution >= 0.6 is 0 Å². The van der Waals surface area contributed by atoms with E-state index in [-0.39, 0.29) is 24.6 Å². The molecule has 0 saturated heterocycles. The predicted octanol–water partition coefficient (Wildman–Crippen LogP) is 4.15. The molecule has 1 heterocycles. The highest BCUT2D eigenvalue weighted by molar-refractivity contribution is 5.78. The number of aryl methyl sites for hydroxylation is 2. The van der Waals surface area contributed by atoms with Crippen LogP contribution in [0.3, 0.4) is 0 Å². The Bertz CT molecular complexity index is 1300. The van der Waals surface area contributed by atoms with Crippen molar-refractivity contribution in [2.24, 2.45) is 0 Å². The van der Waals surface area contributed by atoms with E-state index < -0.39 is 0 Å². The van der Waals surface area contributed by atoms with Crippen LogP contribution in [0.25, 0.3) is 10.9 Å². The number of para-hydroxylation sites is 1. The van der Waals surface area contributed by atoms with Gasteiger partial charge in [0.15, 0.2) is 6.61 Å². The van der Waals surface area contributed by atoms with Gasteiger partial charge in [0.2, 0.25) is 0 Å². The zero-order valence-corrected chi connectivity index (χ0v) is 18.2. The molecule has 6 nitrogen and oxygen atoms in total. The molecule has 0 aliphatic carbocycles. The lowest BCUT2D eigenvalue weighted by molar-refractivity contribution is -0.134. The second-order valence-electron chi connectivity index (χ2n) is 7.82. The number of hydrogen-bond donors (Lipinski definition) is 1. The number of aromatic nitrogens is 2. The van der Waals surface area contributed by atoms with Crippen molar-refractivity contribution < 1.29 is 9.53 Å². The fourth-order valence-electron chi connectivity index (χ4n) is 3.62. The molecule has 0 bridgehead atoms. The summed E-state index contributed by atoms with van der Waals surface area (Å²) in [6.07, 6.45) is 0. The lowest BCUT2D eigenvalue weighted by atomic mass is 10.1. The van der Waals surface area contributed by atoms with Gasteiger partial charge in [-0.2, -0.15) is 0 Å². The van der Waals surface area contributed by atoms with Gasteiger partial charge in [0.25, 0.3) is 11.5 Å². The molecular weight excluding hydrogens is 402 g/mol. The lowest BCUT2D eigenvalue weighted by Crippen LogP contribution is -2.35. The van der Waals surface area contributed by atoms with Crippen LogP contribution in [0, 0.1) is 13.8 Å². The average molecular weight is 428 g/mol. The maximum atomic E-state index is 13.1. The number of benzene rings is 3. The van der Waals surface area contributed by atoms with Crippen LogP contribution in [0.4, 0.5) is 0 Å². The number of amides is 1. The number of rotatable bonds is 7. The topological polar surface area (TPSA) is 75.3 Å². The van der Waals surface area contributed by atoms with Crippen molar-refractivity contribution >= 4 is 16.8 Å². The summed E-state index contributed by atoms with van der Waals surface area (Å²) in [4.78, 5) is 34.6. The van der Waals surface area contributed by atoms with Crippen LogP contribution in [0.15, 0.2) is 77.6 Å². The second kappa shape index (κ2) is 9.47. The Morgan fingerprint density at radius 3 is 2.50 bits per heavy atom. The largest absolute Gasteiger partial charge is 0.483 e. The number of carbonyl (C=O) groups excluding carboxylic acids is 1. The first-order valence-electron chi connectivity index (χ1n) is 10.5. The molecule has 4 rings (SSSR count). The van der Waals surface area contributed by atoms with Crippen molar-refractivity contribution in [3.05, 3.63) is 106 Å². The Balaban J connectivity index is 1.57. The maximum absolute atomic E-state index is 13.1. The minimum absolute atomic E-state index is 0.103. The van der Waals surface area contributed by atoms with Gasteiger partial charge in [0, 0.05) is 6.54 Å². The first-order valence-corrected chi connectivity index (χ1v) is 10.5. The quantitative estimate of drug-likeness (QED) is 0.481. The van der Waals surface area contributed by atoms with Crippen LogP contribution in [0.5, 0.6) is 5.75 Å². The van der Waals surface area contributed by atoms with Gasteiger partial charge in [-0.05, 0) is 43.2 Å². The summed E-state index contributed by atoms with van der Waals surface area (Å²) in [6, 6.07) is 22.7. The third-order valence-electron chi connectivity index (χ3n) is 5.25. The Labute approximate surface area is 186 Å². The van der Waals surface area contributed by atoms with E-state index in [1.54, 1.807) is 23.1 Å². The molecule has 0 unspecified atom stereocenters. The molecule has 1 amide bonds. The van der Waals surface area contributed by atoms with Crippen LogP contribution < -0.4 is 10.3 Å². The summed E-state index contributed by atoms with van der Waals surface area (Å²) in [5.74, 6) is 0.926. The van der Waals surface area contributed by atoms with Gasteiger partial charge in [-0.25, -0.2) is 4.98 Å². The lowest BCUT2D eigenvalue weighted by Gasteiger charge is -2.23. The number of fused-ring (bicyclic) bond motifs is 1. The Morgan fingerprint density at radius 1 is 0.969 bits per heavy atom. The molecule has 0 aliphatic heterocycles. The number of H-pyrrole nitrogens is 1. The van der Waals surface area contributed by atoms with Crippen LogP contribution in [0.2, 0.25) is 0 Å². The first-order chi connectivity index (χ1) is 15.5. The van der Waals surface area contributed by atoms with Crippen molar-refractivity contribution in [2.45, 2.75) is 26.9 Å². The first kappa shape index (κ1) is 21.3. The summed E-state index contributed by atoms with van der Waals surface area (Å²) in [5, 5.41) is 0.523. The third-order valence-corrected chi connectivity index (χ3v) is 5.25. The second-order valence-corrected chi connectivity index (χ2v) is 7.82. The van der Waals surface area contributed by atoms with Gasteiger partial charge in [-0.3, -0.25) is 9.59 Å². The monoisotopic (exact) mass is 427 g/mol. The van der Waals surface area contributed by atoms with Gasteiger partial charge in [0.1, 0.15) is 11.6 Å². The number of hydrogen-bond acceptors (Lipinski definition) is 4. The van der Waals surface area contributed by atoms with Gasteiger partial charge < -0.3 is 14.6 Å². The molecule has 3 aromatic carbocycles. The minimum Gasteiger partial charge on any atom is -0.483 e. The number of nitrogens with one attached hydrogen (secondary N) is 1. The fraction of sp³-hybridized carbons (Fsp3) is 0.192. The average Bonchev–Trinajstić information content (AvgIpc) is 2.78. The van der Waals surface area contributed by atoms with Crippen LogP contribution in [0.1, 0.15) is 22.5 Å². The van der Waals surface area contributed by atoms with E-state index in [4.69, 9.17) is 4.74 Å². The molecule has 162 valence electrons. The standard InChI is InChI=1S/C26H25N3O3/c1-18-12-13-23(19(2)14-18)32-17-25(30)29(15-20-8-4-3-5-9-20)16-24-27-22-11-7-6-10-21(22)26(31)28-24/h3-14H,15-17H2,1-2H3,(H,27,28,31). The number of carbonyl (C=O) groups is 1. The molecule has 0 saturated carbocycles. The number of nitrogens with zero attached hydrogens (tertiary/aromatic N) is 2. The Hall–Kier alpha value is -3.93. The predicted molar refractivity (Wildman–Crippen MR) is 124 cm³/mol. The number of ether oxygens (including phenoxy) is 1. The van der Waals surface area contributed by atoms with E-state index in [0.29, 0.717) is 29.0 Å². The summed E-state index contributed by atoms with van der Waals surface area (Å²) in [7, 11) is 0. The van der Waals surface area contributed by atoms with Crippen molar-refractivity contribution in [3.63, 3.8) is 0 Å². The van der Waals surface area contributed by atoms with E-state index in [1.165, 1.54) is 0 Å². The van der Waals surface area contributed by atoms with E-state index in [2.05, 4.69) is 9.97 Å². The molecule has 1 aromatic heterocycles. The molecule has 0 fully saturated rings. The van der Waals surface area contributed by atoms with Crippen LogP contribution in [-0.2, 0) is 17.9 Å². The third kappa shape index (κ3) is 5.03. The van der Waals surface area contributed by atoms with Gasteiger partial charge in [0.05, 0.1) is 17.4 Å². The summed E-state index contributed by atoms with van der Waals surface area (Å²) < 4.78 is 5.82. The molecule has 1 N–H and O–H groups in total. The molecule has 0 radical (unpaired) electrons. The zero-order chi connectivity index (χ0) is 22.5. The highest BCUT2D eigenvalue weighted by atomic mass is 16.5. The normalized spacial score (nSPS) is 10.8. The van der Waals surface area contributed by atoms with Gasteiger partial charge in [-0.15, -0.1) is 0 Å². The molecule has 6 heteroatoms. The van der Waals surface area contributed by atoms with Crippen molar-refractivity contribution in [1.29, 1.82) is 0 Å². The zero-order valence-electron chi connectivity index (χ0n) is 18.2. The highest BCUT2D eigenvalue weighted by Crippen LogP contribution is 2.19. The maximum Gasteiger partial charge on any atom is 0.261 e. The Kier molecular flexibility index (Phi) is 6.31. The SMILES string of the molecule is Cc1ccc(OCC(=O)N(Cc2ccccc2)Cc2nc3ccccc3c(=O)[nH]2)c(C)c1. The molecule has 32 heavy (non-hydrogen) atoms. The molecule has 0 aliphatic rings. The smallest absolute Gasteiger partial charge is 0.261 e.